The van der Waals surface area contributed by atoms with E-state index in [1.165, 1.54) is 25.1 Å². The number of rotatable bonds is 6. The maximum Gasteiger partial charge on any atom is 0.380 e. The molecule has 0 saturated heterocycles. The lowest BCUT2D eigenvalue weighted by Gasteiger charge is -2.27. The third-order valence-corrected chi connectivity index (χ3v) is 8.70. The van der Waals surface area contributed by atoms with E-state index >= 15 is 26.3 Å². The highest BCUT2D eigenvalue weighted by Gasteiger charge is 2.80. The number of hydrogen-bond donors (Lipinski definition) is 0. The maximum absolute atomic E-state index is 16.3. The van der Waals surface area contributed by atoms with Crippen LogP contribution in [0, 0.1) is 6.92 Å². The second-order valence-electron chi connectivity index (χ2n) is 10.3. The predicted octanol–water partition coefficient (Wildman–Crippen LogP) is 11.1. The van der Waals surface area contributed by atoms with Gasteiger partial charge in [0.15, 0.2) is 0 Å². The smallest absolute Gasteiger partial charge is 0.194 e. The zero-order valence-electron chi connectivity index (χ0n) is 22.8. The molecule has 0 aliphatic heterocycles. The molecular weight excluding hydrogens is 578 g/mol. The lowest BCUT2D eigenvalue weighted by Crippen LogP contribution is -2.49. The van der Waals surface area contributed by atoms with Crippen LogP contribution in [0.15, 0.2) is 133 Å². The van der Waals surface area contributed by atoms with Crippen molar-refractivity contribution in [1.29, 1.82) is 0 Å². The molecule has 0 nitrogen and oxygen atoms in total. The lowest BCUT2D eigenvalue weighted by molar-refractivity contribution is -0.258. The minimum absolute atomic E-state index is 0.113. The summed E-state index contributed by atoms with van der Waals surface area (Å²) in [4.78, 5) is 0.735. The fraction of sp³-hybridized carbons (Fsp3) is 0.111. The van der Waals surface area contributed by atoms with Crippen molar-refractivity contribution in [2.75, 3.05) is 0 Å². The Morgan fingerprint density at radius 1 is 0.535 bits per heavy atom. The van der Waals surface area contributed by atoms with Gasteiger partial charge in [-0.15, -0.1) is 11.3 Å². The number of hydrogen-bond acceptors (Lipinski definition) is 1. The van der Waals surface area contributed by atoms with Gasteiger partial charge in [-0.1, -0.05) is 121 Å². The number of thiophene rings is 1. The van der Waals surface area contributed by atoms with Crippen LogP contribution < -0.4 is 0 Å². The number of alkyl halides is 6. The van der Waals surface area contributed by atoms with E-state index in [0.717, 1.165) is 11.3 Å². The van der Waals surface area contributed by atoms with Gasteiger partial charge in [-0.25, -0.2) is 0 Å². The van der Waals surface area contributed by atoms with E-state index in [2.05, 4.69) is 0 Å². The van der Waals surface area contributed by atoms with E-state index in [-0.39, 0.29) is 27.2 Å². The summed E-state index contributed by atoms with van der Waals surface area (Å²) in [7, 11) is 0. The molecule has 216 valence electrons. The number of benzene rings is 4. The van der Waals surface area contributed by atoms with Gasteiger partial charge in [-0.2, -0.15) is 26.3 Å². The van der Waals surface area contributed by atoms with Gasteiger partial charge in [-0.3, -0.25) is 0 Å². The average molecular weight is 603 g/mol. The molecular formula is C36H24F6S. The maximum atomic E-state index is 16.3. The first-order valence-corrected chi connectivity index (χ1v) is 14.3. The fourth-order valence-electron chi connectivity index (χ4n) is 5.57. The van der Waals surface area contributed by atoms with Gasteiger partial charge in [0.1, 0.15) is 0 Å². The number of halogens is 6. The molecule has 5 aromatic rings. The summed E-state index contributed by atoms with van der Waals surface area (Å²) in [6.07, 6.45) is 0. The van der Waals surface area contributed by atoms with E-state index in [1.54, 1.807) is 109 Å². The molecule has 0 atom stereocenters. The molecule has 1 aromatic heterocycles. The first-order valence-electron chi connectivity index (χ1n) is 13.5. The van der Waals surface area contributed by atoms with Crippen LogP contribution in [-0.2, 0) is 0 Å². The summed E-state index contributed by atoms with van der Waals surface area (Å²) in [5.41, 5.74) is -1.68. The van der Waals surface area contributed by atoms with Gasteiger partial charge in [0, 0.05) is 26.5 Å². The molecule has 4 aromatic carbocycles. The van der Waals surface area contributed by atoms with Crippen molar-refractivity contribution in [3.05, 3.63) is 160 Å². The Kier molecular flexibility index (Phi) is 7.17. The van der Waals surface area contributed by atoms with E-state index in [4.69, 9.17) is 0 Å². The molecule has 43 heavy (non-hydrogen) atoms. The molecule has 7 heteroatoms. The molecule has 6 rings (SSSR count). The van der Waals surface area contributed by atoms with Gasteiger partial charge in [0.05, 0.1) is 0 Å². The summed E-state index contributed by atoms with van der Waals surface area (Å²) in [5.74, 6) is -16.1. The highest BCUT2D eigenvalue weighted by atomic mass is 32.1. The molecule has 0 amide bonds. The topological polar surface area (TPSA) is 0 Å². The van der Waals surface area contributed by atoms with Crippen LogP contribution in [0.3, 0.4) is 0 Å². The standard InChI is InChI=1S/C36H24F6S/c1-23-28(22-29(43-23)24-14-6-2-7-15-24)32-33(35(39,40)36(41,42)34(32,37)38)31(27-20-12-5-13-21-27)30(25-16-8-3-9-17-25)26-18-10-4-11-19-26/h2-22H,1H3. The highest BCUT2D eigenvalue weighted by Crippen LogP contribution is 2.66. The zero-order chi connectivity index (χ0) is 30.4. The van der Waals surface area contributed by atoms with Gasteiger partial charge < -0.3 is 0 Å². The monoisotopic (exact) mass is 602 g/mol. The van der Waals surface area contributed by atoms with E-state index in [9.17, 15) is 0 Å². The Morgan fingerprint density at radius 3 is 1.42 bits per heavy atom. The normalized spacial score (nSPS) is 16.7. The largest absolute Gasteiger partial charge is 0.380 e. The molecule has 0 radical (unpaired) electrons. The molecule has 1 aliphatic carbocycles. The zero-order valence-corrected chi connectivity index (χ0v) is 23.6. The quantitative estimate of drug-likeness (QED) is 0.134. The molecule has 0 unspecified atom stereocenters. The summed E-state index contributed by atoms with van der Waals surface area (Å²) in [6.45, 7) is 1.49. The lowest BCUT2D eigenvalue weighted by atomic mass is 9.82. The SMILES string of the molecule is Cc1sc(-c2ccccc2)cc1C1=C(C(=C(c2ccccc2)c2ccccc2)c2ccccc2)C(F)(F)C(F)(F)C1(F)F. The van der Waals surface area contributed by atoms with Crippen LogP contribution in [0.1, 0.15) is 27.1 Å². The Balaban J connectivity index is 1.80. The van der Waals surface area contributed by atoms with Crippen molar-refractivity contribution in [2.45, 2.75) is 24.7 Å². The number of aryl methyl sites for hydroxylation is 1. The van der Waals surface area contributed by atoms with Crippen molar-refractivity contribution < 1.29 is 26.3 Å². The molecule has 0 N–H and O–H groups in total. The van der Waals surface area contributed by atoms with E-state index in [0.29, 0.717) is 21.6 Å². The van der Waals surface area contributed by atoms with Crippen LogP contribution in [0.4, 0.5) is 26.3 Å². The van der Waals surface area contributed by atoms with E-state index < -0.39 is 28.9 Å². The van der Waals surface area contributed by atoms with Gasteiger partial charge in [-0.05, 0) is 46.4 Å². The van der Waals surface area contributed by atoms with Crippen LogP contribution in [-0.4, -0.2) is 17.8 Å². The molecule has 1 heterocycles. The second kappa shape index (κ2) is 10.7. The third kappa shape index (κ3) is 4.63. The van der Waals surface area contributed by atoms with Crippen LogP contribution in [0.2, 0.25) is 0 Å². The Morgan fingerprint density at radius 2 is 0.953 bits per heavy atom. The third-order valence-electron chi connectivity index (χ3n) is 7.60. The highest BCUT2D eigenvalue weighted by molar-refractivity contribution is 7.15. The predicted molar refractivity (Wildman–Crippen MR) is 161 cm³/mol. The molecule has 0 saturated carbocycles. The Hall–Kier alpha value is -4.36. The first-order chi connectivity index (χ1) is 20.6. The van der Waals surface area contributed by atoms with Crippen molar-refractivity contribution in [1.82, 2.24) is 0 Å². The van der Waals surface area contributed by atoms with Gasteiger partial charge in [0.25, 0.3) is 0 Å². The first kappa shape index (κ1) is 28.7. The fourth-order valence-corrected chi connectivity index (χ4v) is 6.60. The summed E-state index contributed by atoms with van der Waals surface area (Å²) in [5, 5.41) is 0. The van der Waals surface area contributed by atoms with Crippen LogP contribution in [0.5, 0.6) is 0 Å². The molecule has 0 spiro atoms. The summed E-state index contributed by atoms with van der Waals surface area (Å²) < 4.78 is 95.7. The molecule has 0 fully saturated rings. The minimum atomic E-state index is -5.69. The second-order valence-corrected chi connectivity index (χ2v) is 11.5. The van der Waals surface area contributed by atoms with E-state index in [1.807, 2.05) is 0 Å². The van der Waals surface area contributed by atoms with Crippen molar-refractivity contribution in [2.24, 2.45) is 0 Å². The molecule has 1 aliphatic rings. The Labute approximate surface area is 249 Å². The molecule has 0 bridgehead atoms. The van der Waals surface area contributed by atoms with Crippen molar-refractivity contribution in [3.63, 3.8) is 0 Å². The number of allylic oxidation sites excluding steroid dienone is 3. The minimum Gasteiger partial charge on any atom is -0.194 e. The van der Waals surface area contributed by atoms with Crippen molar-refractivity contribution >= 4 is 28.1 Å². The summed E-state index contributed by atoms with van der Waals surface area (Å²) >= 11 is 1.09. The van der Waals surface area contributed by atoms with Crippen LogP contribution in [0.25, 0.3) is 27.2 Å². The van der Waals surface area contributed by atoms with Crippen molar-refractivity contribution in [3.8, 4) is 10.4 Å². The van der Waals surface area contributed by atoms with Crippen LogP contribution >= 0.6 is 11.3 Å². The summed E-state index contributed by atoms with van der Waals surface area (Å²) in [6, 6.07) is 34.6. The van der Waals surface area contributed by atoms with Gasteiger partial charge >= 0.3 is 17.8 Å². The average Bonchev–Trinajstić information content (AvgIpc) is 3.44. The van der Waals surface area contributed by atoms with Gasteiger partial charge in [0.2, 0.25) is 0 Å². The Bertz CT molecular complexity index is 1780.